The molecule has 1 aliphatic rings. The Bertz CT molecular complexity index is 879. The van der Waals surface area contributed by atoms with Gasteiger partial charge in [-0.25, -0.2) is 0 Å². The summed E-state index contributed by atoms with van der Waals surface area (Å²) in [5, 5.41) is 14.0. The van der Waals surface area contributed by atoms with Crippen LogP contribution < -0.4 is 5.32 Å². The highest BCUT2D eigenvalue weighted by atomic mass is 32.2. The SMILES string of the molecule is CSc1ccccc1CN1CCC(CNC(=O)c2cccc([N+](=O)[O-])c2C)CC1. The molecule has 29 heavy (non-hydrogen) atoms. The molecule has 1 heterocycles. The smallest absolute Gasteiger partial charge is 0.273 e. The zero-order valence-corrected chi connectivity index (χ0v) is 17.7. The predicted octanol–water partition coefficient (Wildman–Crippen LogP) is 4.27. The molecular weight excluding hydrogens is 386 g/mol. The summed E-state index contributed by atoms with van der Waals surface area (Å²) in [6.45, 7) is 5.22. The van der Waals surface area contributed by atoms with Crippen molar-refractivity contribution in [3.8, 4) is 0 Å². The van der Waals surface area contributed by atoms with Crippen LogP contribution in [0.15, 0.2) is 47.4 Å². The van der Waals surface area contributed by atoms with Gasteiger partial charge in [-0.15, -0.1) is 11.8 Å². The van der Waals surface area contributed by atoms with Crippen molar-refractivity contribution >= 4 is 23.4 Å². The lowest BCUT2D eigenvalue weighted by molar-refractivity contribution is -0.385. The van der Waals surface area contributed by atoms with Crippen molar-refractivity contribution in [1.29, 1.82) is 0 Å². The number of thioether (sulfide) groups is 1. The van der Waals surface area contributed by atoms with Crippen LogP contribution in [0.5, 0.6) is 0 Å². The molecule has 0 saturated carbocycles. The second kappa shape index (κ2) is 9.89. The van der Waals surface area contributed by atoms with Gasteiger partial charge in [0, 0.05) is 35.2 Å². The minimum atomic E-state index is -0.447. The summed E-state index contributed by atoms with van der Waals surface area (Å²) in [5.41, 5.74) is 2.15. The van der Waals surface area contributed by atoms with Crippen molar-refractivity contribution in [3.63, 3.8) is 0 Å². The number of nitrogens with zero attached hydrogens (tertiary/aromatic N) is 2. The van der Waals surface area contributed by atoms with E-state index in [1.165, 1.54) is 16.5 Å². The van der Waals surface area contributed by atoms with E-state index in [-0.39, 0.29) is 11.6 Å². The van der Waals surface area contributed by atoms with Crippen LogP contribution in [0.3, 0.4) is 0 Å². The van der Waals surface area contributed by atoms with E-state index in [1.807, 2.05) is 0 Å². The maximum atomic E-state index is 12.5. The van der Waals surface area contributed by atoms with Gasteiger partial charge < -0.3 is 5.32 Å². The van der Waals surface area contributed by atoms with Crippen LogP contribution in [0.1, 0.15) is 34.3 Å². The quantitative estimate of drug-likeness (QED) is 0.417. The summed E-state index contributed by atoms with van der Waals surface area (Å²) >= 11 is 1.78. The lowest BCUT2D eigenvalue weighted by Crippen LogP contribution is -2.38. The van der Waals surface area contributed by atoms with Gasteiger partial charge in [0.2, 0.25) is 0 Å². The fourth-order valence-corrected chi connectivity index (χ4v) is 4.43. The number of amides is 1. The maximum Gasteiger partial charge on any atom is 0.273 e. The highest BCUT2D eigenvalue weighted by molar-refractivity contribution is 7.98. The van der Waals surface area contributed by atoms with Gasteiger partial charge >= 0.3 is 0 Å². The number of likely N-dealkylation sites (tertiary alicyclic amines) is 1. The fraction of sp³-hybridized carbons (Fsp3) is 0.409. The summed E-state index contributed by atoms with van der Waals surface area (Å²) in [5.74, 6) is 0.201. The second-order valence-corrected chi connectivity index (χ2v) is 8.30. The Morgan fingerprint density at radius 2 is 1.93 bits per heavy atom. The van der Waals surface area contributed by atoms with Crippen molar-refractivity contribution < 1.29 is 9.72 Å². The molecule has 1 amide bonds. The number of carbonyl (C=O) groups excluding carboxylic acids is 1. The van der Waals surface area contributed by atoms with Gasteiger partial charge in [0.1, 0.15) is 0 Å². The van der Waals surface area contributed by atoms with Gasteiger partial charge in [-0.3, -0.25) is 19.8 Å². The molecule has 1 fully saturated rings. The van der Waals surface area contributed by atoms with Crippen molar-refractivity contribution in [2.45, 2.75) is 31.2 Å². The normalized spacial score (nSPS) is 15.2. The molecule has 6 nitrogen and oxygen atoms in total. The molecule has 7 heteroatoms. The van der Waals surface area contributed by atoms with Gasteiger partial charge in [-0.1, -0.05) is 24.3 Å². The zero-order valence-electron chi connectivity index (χ0n) is 16.9. The third kappa shape index (κ3) is 5.36. The summed E-state index contributed by atoms with van der Waals surface area (Å²) in [6, 6.07) is 13.2. The molecular formula is C22H27N3O3S. The molecule has 154 valence electrons. The van der Waals surface area contributed by atoms with Crippen LogP contribution >= 0.6 is 11.8 Å². The van der Waals surface area contributed by atoms with Crippen LogP contribution in [-0.4, -0.2) is 41.6 Å². The zero-order chi connectivity index (χ0) is 20.8. The Morgan fingerprint density at radius 3 is 2.62 bits per heavy atom. The molecule has 0 spiro atoms. The standard InChI is InChI=1S/C22H27N3O3S/c1-16-19(7-5-8-20(16)25(27)28)22(26)23-14-17-10-12-24(13-11-17)15-18-6-3-4-9-21(18)29-2/h3-9,17H,10-15H2,1-2H3,(H,23,26). The number of piperidine rings is 1. The highest BCUT2D eigenvalue weighted by Crippen LogP contribution is 2.25. The Balaban J connectivity index is 1.50. The number of nitro groups is 1. The molecule has 0 atom stereocenters. The number of hydrogen-bond acceptors (Lipinski definition) is 5. The van der Waals surface area contributed by atoms with Gasteiger partial charge in [-0.2, -0.15) is 0 Å². The monoisotopic (exact) mass is 413 g/mol. The number of carbonyl (C=O) groups is 1. The largest absolute Gasteiger partial charge is 0.352 e. The van der Waals surface area contributed by atoms with E-state index in [2.05, 4.69) is 40.7 Å². The van der Waals surface area contributed by atoms with Crippen LogP contribution in [0, 0.1) is 23.0 Å². The highest BCUT2D eigenvalue weighted by Gasteiger charge is 2.22. The molecule has 0 radical (unpaired) electrons. The van der Waals surface area contributed by atoms with Crippen molar-refractivity contribution in [3.05, 3.63) is 69.3 Å². The average molecular weight is 414 g/mol. The maximum absolute atomic E-state index is 12.5. The number of hydrogen-bond donors (Lipinski definition) is 1. The lowest BCUT2D eigenvalue weighted by Gasteiger charge is -2.32. The Kier molecular flexibility index (Phi) is 7.28. The van der Waals surface area contributed by atoms with Gasteiger partial charge in [0.15, 0.2) is 0 Å². The van der Waals surface area contributed by atoms with E-state index in [1.54, 1.807) is 30.8 Å². The van der Waals surface area contributed by atoms with E-state index in [0.29, 0.717) is 23.6 Å². The third-order valence-corrected chi connectivity index (χ3v) is 6.43. The minimum absolute atomic E-state index is 0.0171. The molecule has 2 aromatic rings. The second-order valence-electron chi connectivity index (χ2n) is 7.45. The first-order valence-electron chi connectivity index (χ1n) is 9.86. The molecule has 1 aliphatic heterocycles. The molecule has 0 aromatic heterocycles. The van der Waals surface area contributed by atoms with Gasteiger partial charge in [-0.05, 0) is 62.7 Å². The third-order valence-electron chi connectivity index (χ3n) is 5.59. The van der Waals surface area contributed by atoms with Crippen molar-refractivity contribution in [1.82, 2.24) is 10.2 Å². The Hall–Kier alpha value is -2.38. The molecule has 1 N–H and O–H groups in total. The number of nitrogens with one attached hydrogen (secondary N) is 1. The molecule has 1 saturated heterocycles. The fourth-order valence-electron chi connectivity index (χ4n) is 3.82. The first-order valence-corrected chi connectivity index (χ1v) is 11.1. The molecule has 0 bridgehead atoms. The van der Waals surface area contributed by atoms with Crippen LogP contribution in [0.25, 0.3) is 0 Å². The predicted molar refractivity (Wildman–Crippen MR) is 116 cm³/mol. The number of benzene rings is 2. The Labute approximate surface area is 175 Å². The topological polar surface area (TPSA) is 75.5 Å². The van der Waals surface area contributed by atoms with Crippen LogP contribution in [-0.2, 0) is 6.54 Å². The van der Waals surface area contributed by atoms with E-state index in [9.17, 15) is 14.9 Å². The van der Waals surface area contributed by atoms with E-state index < -0.39 is 4.92 Å². The minimum Gasteiger partial charge on any atom is -0.352 e. The van der Waals surface area contributed by atoms with Gasteiger partial charge in [0.25, 0.3) is 11.6 Å². The molecule has 0 unspecified atom stereocenters. The van der Waals surface area contributed by atoms with Crippen molar-refractivity contribution in [2.75, 3.05) is 25.9 Å². The summed E-state index contributed by atoms with van der Waals surface area (Å²) in [4.78, 5) is 26.9. The summed E-state index contributed by atoms with van der Waals surface area (Å²) < 4.78 is 0. The molecule has 3 rings (SSSR count). The number of nitro benzene ring substituents is 1. The van der Waals surface area contributed by atoms with E-state index in [0.717, 1.165) is 32.5 Å². The van der Waals surface area contributed by atoms with Crippen LogP contribution in [0.4, 0.5) is 5.69 Å². The van der Waals surface area contributed by atoms with Crippen LogP contribution in [0.2, 0.25) is 0 Å². The molecule has 2 aromatic carbocycles. The van der Waals surface area contributed by atoms with Crippen molar-refractivity contribution in [2.24, 2.45) is 5.92 Å². The first-order chi connectivity index (χ1) is 14.0. The lowest BCUT2D eigenvalue weighted by atomic mass is 9.96. The van der Waals surface area contributed by atoms with E-state index in [4.69, 9.17) is 0 Å². The Morgan fingerprint density at radius 1 is 1.21 bits per heavy atom. The summed E-state index contributed by atoms with van der Waals surface area (Å²) in [7, 11) is 0. The average Bonchev–Trinajstić information content (AvgIpc) is 2.73. The molecule has 0 aliphatic carbocycles. The summed E-state index contributed by atoms with van der Waals surface area (Å²) in [6.07, 6.45) is 4.18. The van der Waals surface area contributed by atoms with E-state index >= 15 is 0 Å². The number of rotatable bonds is 7. The van der Waals surface area contributed by atoms with Gasteiger partial charge in [0.05, 0.1) is 4.92 Å². The first kappa shape index (κ1) is 21.3.